The van der Waals surface area contributed by atoms with Gasteiger partial charge in [-0.2, -0.15) is 4.31 Å². The van der Waals surface area contributed by atoms with Crippen LogP contribution in [0.25, 0.3) is 0 Å². The number of halogens is 1. The molecule has 1 amide bonds. The van der Waals surface area contributed by atoms with Gasteiger partial charge in [-0.15, -0.1) is 0 Å². The molecule has 1 heterocycles. The molecule has 0 aliphatic carbocycles. The second-order valence-electron chi connectivity index (χ2n) is 8.84. The summed E-state index contributed by atoms with van der Waals surface area (Å²) in [7, 11) is -2.29. The lowest BCUT2D eigenvalue weighted by Crippen LogP contribution is -2.45. The number of rotatable bonds is 11. The fourth-order valence-electron chi connectivity index (χ4n) is 3.40. The smallest absolute Gasteiger partial charge is 0.289 e. The molecule has 0 aliphatic heterocycles. The Kier molecular flexibility index (Phi) is 9.04. The van der Waals surface area contributed by atoms with Crippen LogP contribution in [0.3, 0.4) is 0 Å². The number of carbonyl (C=O) groups excluding carboxylic acids is 1. The molecule has 0 atom stereocenters. The first-order chi connectivity index (χ1) is 15.3. The van der Waals surface area contributed by atoms with Crippen molar-refractivity contribution >= 4 is 33.2 Å². The number of hydrogen-bond acceptors (Lipinski definition) is 5. The van der Waals surface area contributed by atoms with E-state index in [9.17, 15) is 23.3 Å². The van der Waals surface area contributed by atoms with E-state index >= 15 is 0 Å². The normalized spacial score (nSPS) is 12.0. The summed E-state index contributed by atoms with van der Waals surface area (Å²) < 4.78 is 29.8. The van der Waals surface area contributed by atoms with E-state index in [0.29, 0.717) is 13.1 Å². The van der Waals surface area contributed by atoms with Gasteiger partial charge in [-0.05, 0) is 36.1 Å². The van der Waals surface area contributed by atoms with E-state index in [1.54, 1.807) is 4.90 Å². The lowest BCUT2D eigenvalue weighted by atomic mass is 10.2. The fourth-order valence-corrected chi connectivity index (χ4v) is 5.16. The summed E-state index contributed by atoms with van der Waals surface area (Å²) in [5.41, 5.74) is 0.425. The first kappa shape index (κ1) is 26.8. The molecule has 1 aromatic heterocycles. The van der Waals surface area contributed by atoms with Gasteiger partial charge in [0.15, 0.2) is 0 Å². The molecule has 0 bridgehead atoms. The number of sulfonamides is 1. The Morgan fingerprint density at radius 3 is 2.30 bits per heavy atom. The van der Waals surface area contributed by atoms with Gasteiger partial charge in [0.05, 0.1) is 22.9 Å². The summed E-state index contributed by atoms with van der Waals surface area (Å²) in [6, 6.07) is 7.14. The van der Waals surface area contributed by atoms with Gasteiger partial charge in [0.2, 0.25) is 15.9 Å². The lowest BCUT2D eigenvalue weighted by molar-refractivity contribution is -0.384. The Labute approximate surface area is 200 Å². The first-order valence-corrected chi connectivity index (χ1v) is 12.5. The zero-order valence-corrected chi connectivity index (χ0v) is 21.1. The average molecular weight is 499 g/mol. The molecule has 0 unspecified atom stereocenters. The van der Waals surface area contributed by atoms with Crippen LogP contribution in [0.2, 0.25) is 5.02 Å². The minimum absolute atomic E-state index is 0.0683. The van der Waals surface area contributed by atoms with E-state index in [4.69, 9.17) is 11.6 Å². The minimum atomic E-state index is -4.18. The van der Waals surface area contributed by atoms with Crippen LogP contribution in [-0.4, -0.2) is 52.7 Å². The van der Waals surface area contributed by atoms with Crippen molar-refractivity contribution in [3.63, 3.8) is 0 Å². The molecule has 9 nitrogen and oxygen atoms in total. The van der Waals surface area contributed by atoms with Gasteiger partial charge in [-0.1, -0.05) is 39.3 Å². The van der Waals surface area contributed by atoms with Gasteiger partial charge in [0.1, 0.15) is 5.02 Å². The predicted octanol–water partition coefficient (Wildman–Crippen LogP) is 3.92. The summed E-state index contributed by atoms with van der Waals surface area (Å²) in [6.45, 7) is 8.19. The summed E-state index contributed by atoms with van der Waals surface area (Å²) >= 11 is 5.85. The quantitative estimate of drug-likeness (QED) is 0.345. The third kappa shape index (κ3) is 7.02. The average Bonchev–Trinajstić information content (AvgIpc) is 3.10. The largest absolute Gasteiger partial charge is 0.353 e. The number of hydrogen-bond donors (Lipinski definition) is 0. The van der Waals surface area contributed by atoms with Gasteiger partial charge in [0.25, 0.3) is 5.69 Å². The van der Waals surface area contributed by atoms with E-state index in [1.807, 2.05) is 57.6 Å². The molecule has 0 radical (unpaired) electrons. The van der Waals surface area contributed by atoms with Crippen molar-refractivity contribution in [2.75, 3.05) is 19.6 Å². The number of nitro groups is 1. The van der Waals surface area contributed by atoms with Crippen molar-refractivity contribution in [1.29, 1.82) is 0 Å². The molecule has 0 fully saturated rings. The second-order valence-corrected chi connectivity index (χ2v) is 11.2. The Morgan fingerprint density at radius 2 is 1.79 bits per heavy atom. The molecule has 182 valence electrons. The van der Waals surface area contributed by atoms with E-state index < -0.39 is 20.6 Å². The Balaban J connectivity index is 2.38. The SMILES string of the molecule is CC(C)CN(Cc1cccn1C)C(=O)CN(CC(C)C)S(=O)(=O)c1ccc(Cl)c([N+](=O)[O-])c1. The number of aryl methyl sites for hydroxylation is 1. The number of amides is 1. The van der Waals surface area contributed by atoms with Gasteiger partial charge < -0.3 is 9.47 Å². The van der Waals surface area contributed by atoms with Crippen LogP contribution in [-0.2, 0) is 28.4 Å². The highest BCUT2D eigenvalue weighted by Gasteiger charge is 2.31. The number of benzene rings is 1. The highest BCUT2D eigenvalue weighted by Crippen LogP contribution is 2.29. The molecular formula is C22H31ClN4O5S. The molecule has 2 rings (SSSR count). The maximum atomic E-state index is 13.4. The summed E-state index contributed by atoms with van der Waals surface area (Å²) in [4.78, 5) is 25.2. The number of nitro benzene ring substituents is 1. The molecule has 0 N–H and O–H groups in total. The Morgan fingerprint density at radius 1 is 1.15 bits per heavy atom. The van der Waals surface area contributed by atoms with Gasteiger partial charge in [-0.25, -0.2) is 8.42 Å². The third-order valence-electron chi connectivity index (χ3n) is 4.97. The highest BCUT2D eigenvalue weighted by molar-refractivity contribution is 7.89. The van der Waals surface area contributed by atoms with E-state index in [1.165, 1.54) is 12.1 Å². The van der Waals surface area contributed by atoms with Crippen molar-refractivity contribution in [3.8, 4) is 0 Å². The topological polar surface area (TPSA) is 106 Å². The monoisotopic (exact) mass is 498 g/mol. The molecule has 2 aromatic rings. The van der Waals surface area contributed by atoms with Gasteiger partial charge >= 0.3 is 0 Å². The van der Waals surface area contributed by atoms with Crippen LogP contribution in [0, 0.1) is 22.0 Å². The van der Waals surface area contributed by atoms with Crippen molar-refractivity contribution in [1.82, 2.24) is 13.8 Å². The third-order valence-corrected chi connectivity index (χ3v) is 7.10. The van der Waals surface area contributed by atoms with Crippen LogP contribution >= 0.6 is 11.6 Å². The molecule has 0 saturated carbocycles. The lowest BCUT2D eigenvalue weighted by Gasteiger charge is -2.29. The number of carbonyl (C=O) groups is 1. The molecule has 1 aromatic carbocycles. The van der Waals surface area contributed by atoms with Crippen LogP contribution < -0.4 is 0 Å². The summed E-state index contributed by atoms with van der Waals surface area (Å²) in [5, 5.41) is 11.1. The maximum Gasteiger partial charge on any atom is 0.289 e. The van der Waals surface area contributed by atoms with E-state index in [-0.39, 0.29) is 40.8 Å². The van der Waals surface area contributed by atoms with E-state index in [0.717, 1.165) is 16.1 Å². The van der Waals surface area contributed by atoms with Crippen LogP contribution in [0.15, 0.2) is 41.4 Å². The molecule has 11 heteroatoms. The van der Waals surface area contributed by atoms with E-state index in [2.05, 4.69) is 0 Å². The molecule has 0 saturated heterocycles. The molecule has 0 aliphatic rings. The molecule has 33 heavy (non-hydrogen) atoms. The fraction of sp³-hybridized carbons (Fsp3) is 0.500. The summed E-state index contributed by atoms with van der Waals surface area (Å²) in [6.07, 6.45) is 1.89. The number of nitrogens with zero attached hydrogens (tertiary/aromatic N) is 4. The highest BCUT2D eigenvalue weighted by atomic mass is 35.5. The van der Waals surface area contributed by atoms with Gasteiger partial charge in [-0.3, -0.25) is 14.9 Å². The molecular weight excluding hydrogens is 468 g/mol. The second kappa shape index (κ2) is 11.1. The van der Waals surface area contributed by atoms with Crippen molar-refractivity contribution in [2.45, 2.75) is 39.1 Å². The minimum Gasteiger partial charge on any atom is -0.353 e. The number of aromatic nitrogens is 1. The zero-order valence-electron chi connectivity index (χ0n) is 19.6. The van der Waals surface area contributed by atoms with Crippen molar-refractivity contribution in [3.05, 3.63) is 57.4 Å². The van der Waals surface area contributed by atoms with Crippen molar-refractivity contribution in [2.24, 2.45) is 18.9 Å². The summed E-state index contributed by atoms with van der Waals surface area (Å²) in [5.74, 6) is -0.220. The zero-order chi connectivity index (χ0) is 24.9. The van der Waals surface area contributed by atoms with Gasteiger partial charge in [0, 0.05) is 38.1 Å². The van der Waals surface area contributed by atoms with Crippen molar-refractivity contribution < 1.29 is 18.1 Å². The Bertz CT molecular complexity index is 1100. The maximum absolute atomic E-state index is 13.4. The van der Waals surface area contributed by atoms with Crippen LogP contribution in [0.1, 0.15) is 33.4 Å². The predicted molar refractivity (Wildman–Crippen MR) is 127 cm³/mol. The van der Waals surface area contributed by atoms with Crippen LogP contribution in [0.5, 0.6) is 0 Å². The standard InChI is InChI=1S/C22H31ClN4O5S/c1-16(2)12-25(14-18-7-6-10-24(18)5)22(28)15-26(13-17(3)4)33(31,32)19-8-9-20(23)21(11-19)27(29)30/h6-11,16-17H,12-15H2,1-5H3. The molecule has 0 spiro atoms. The Hall–Kier alpha value is -2.43. The van der Waals surface area contributed by atoms with Crippen LogP contribution in [0.4, 0.5) is 5.69 Å². The first-order valence-electron chi connectivity index (χ1n) is 10.6.